The van der Waals surface area contributed by atoms with Crippen molar-refractivity contribution in [3.05, 3.63) is 46.5 Å². The lowest BCUT2D eigenvalue weighted by Crippen LogP contribution is -2.25. The van der Waals surface area contributed by atoms with Gasteiger partial charge in [-0.3, -0.25) is 4.79 Å². The summed E-state index contributed by atoms with van der Waals surface area (Å²) in [6.07, 6.45) is 1.85. The first-order valence-corrected chi connectivity index (χ1v) is 6.32. The second kappa shape index (κ2) is 6.05. The molecule has 0 radical (unpaired) electrons. The molecule has 0 saturated heterocycles. The van der Waals surface area contributed by atoms with E-state index in [9.17, 15) is 9.59 Å². The minimum Gasteiger partial charge on any atom is -0.478 e. The monoisotopic (exact) mass is 277 g/mol. The molecule has 0 spiro atoms. The average molecular weight is 277 g/mol. The summed E-state index contributed by atoms with van der Waals surface area (Å²) < 4.78 is 3.60. The van der Waals surface area contributed by atoms with E-state index in [-0.39, 0.29) is 11.5 Å². The molecule has 1 aromatic heterocycles. The number of carboxylic acids is 1. The van der Waals surface area contributed by atoms with Gasteiger partial charge in [-0.15, -0.1) is 5.10 Å². The van der Waals surface area contributed by atoms with E-state index in [0.717, 1.165) is 11.5 Å². The Hall–Kier alpha value is -2.28. The fraction of sp³-hybridized carbons (Fsp3) is 0.167. The minimum atomic E-state index is -0.964. The number of nitrogens with zero attached hydrogens (tertiary/aromatic N) is 2. The summed E-state index contributed by atoms with van der Waals surface area (Å²) >= 11 is 1.02. The number of nitrogens with one attached hydrogen (secondary N) is 1. The number of rotatable bonds is 5. The Balaban J connectivity index is 1.93. The van der Waals surface area contributed by atoms with Gasteiger partial charge in [0, 0.05) is 6.54 Å². The van der Waals surface area contributed by atoms with Gasteiger partial charge in [0.05, 0.1) is 11.8 Å². The third kappa shape index (κ3) is 3.35. The smallest absolute Gasteiger partial charge is 0.335 e. The number of carboxylic acid groups (broad SMARTS) is 1. The van der Waals surface area contributed by atoms with Crippen LogP contribution in [0.2, 0.25) is 0 Å². The van der Waals surface area contributed by atoms with Gasteiger partial charge in [0.15, 0.2) is 0 Å². The van der Waals surface area contributed by atoms with E-state index in [1.54, 1.807) is 24.3 Å². The zero-order chi connectivity index (χ0) is 13.7. The first kappa shape index (κ1) is 13.2. The topological polar surface area (TPSA) is 92.2 Å². The number of hydrogen-bond donors (Lipinski definition) is 2. The molecule has 2 N–H and O–H groups in total. The molecule has 0 aliphatic heterocycles. The summed E-state index contributed by atoms with van der Waals surface area (Å²) in [5.41, 5.74) is 0.953. The standard InChI is InChI=1S/C12H11N3O3S/c16-11(10-7-14-15-19-10)13-6-5-8-3-1-2-4-9(8)12(17)18/h1-4,7H,5-6H2,(H,13,16)(H,17,18). The first-order chi connectivity index (χ1) is 9.18. The van der Waals surface area contributed by atoms with E-state index in [4.69, 9.17) is 5.11 Å². The molecular formula is C12H11N3O3S. The van der Waals surface area contributed by atoms with Crippen LogP contribution in [0, 0.1) is 0 Å². The molecule has 1 heterocycles. The first-order valence-electron chi connectivity index (χ1n) is 5.55. The van der Waals surface area contributed by atoms with Crippen LogP contribution in [0.25, 0.3) is 0 Å². The normalized spacial score (nSPS) is 10.1. The summed E-state index contributed by atoms with van der Waals surface area (Å²) in [4.78, 5) is 23.1. The van der Waals surface area contributed by atoms with Gasteiger partial charge >= 0.3 is 5.97 Å². The molecule has 0 unspecified atom stereocenters. The van der Waals surface area contributed by atoms with Gasteiger partial charge in [-0.1, -0.05) is 22.7 Å². The van der Waals surface area contributed by atoms with Crippen molar-refractivity contribution in [3.8, 4) is 0 Å². The highest BCUT2D eigenvalue weighted by molar-refractivity contribution is 7.07. The highest BCUT2D eigenvalue weighted by Gasteiger charge is 2.10. The van der Waals surface area contributed by atoms with Gasteiger partial charge in [0.1, 0.15) is 4.88 Å². The highest BCUT2D eigenvalue weighted by atomic mass is 32.1. The van der Waals surface area contributed by atoms with Crippen LogP contribution >= 0.6 is 11.5 Å². The molecule has 98 valence electrons. The second-order valence-electron chi connectivity index (χ2n) is 3.75. The van der Waals surface area contributed by atoms with Crippen LogP contribution < -0.4 is 5.32 Å². The average Bonchev–Trinajstić information content (AvgIpc) is 2.93. The number of aromatic nitrogens is 2. The largest absolute Gasteiger partial charge is 0.478 e. The number of aromatic carboxylic acids is 1. The molecule has 1 aromatic carbocycles. The molecule has 2 rings (SSSR count). The van der Waals surface area contributed by atoms with Crippen LogP contribution in [0.1, 0.15) is 25.6 Å². The van der Waals surface area contributed by atoms with E-state index >= 15 is 0 Å². The number of hydrogen-bond acceptors (Lipinski definition) is 5. The molecular weight excluding hydrogens is 266 g/mol. The Labute approximate surface area is 113 Å². The molecule has 2 aromatic rings. The second-order valence-corrected chi connectivity index (χ2v) is 4.54. The number of carbonyl (C=O) groups excluding carboxylic acids is 1. The summed E-state index contributed by atoms with van der Waals surface area (Å²) in [5.74, 6) is -1.21. The van der Waals surface area contributed by atoms with Crippen LogP contribution in [0.5, 0.6) is 0 Å². The highest BCUT2D eigenvalue weighted by Crippen LogP contribution is 2.09. The van der Waals surface area contributed by atoms with E-state index in [0.29, 0.717) is 23.4 Å². The third-order valence-corrected chi connectivity index (χ3v) is 3.18. The van der Waals surface area contributed by atoms with Gasteiger partial charge in [-0.25, -0.2) is 4.79 Å². The Morgan fingerprint density at radius 3 is 2.79 bits per heavy atom. The van der Waals surface area contributed by atoms with Crippen LogP contribution in [0.15, 0.2) is 30.5 Å². The van der Waals surface area contributed by atoms with Gasteiger partial charge in [-0.05, 0) is 29.6 Å². The van der Waals surface area contributed by atoms with Crippen LogP contribution in [-0.2, 0) is 6.42 Å². The summed E-state index contributed by atoms with van der Waals surface area (Å²) in [6, 6.07) is 6.74. The van der Waals surface area contributed by atoms with Crippen LogP contribution in [0.3, 0.4) is 0 Å². The van der Waals surface area contributed by atoms with Crippen molar-refractivity contribution in [1.29, 1.82) is 0 Å². The van der Waals surface area contributed by atoms with E-state index in [1.165, 1.54) is 6.20 Å². The molecule has 0 bridgehead atoms. The Kier molecular flexibility index (Phi) is 4.19. The lowest BCUT2D eigenvalue weighted by atomic mass is 10.0. The maximum Gasteiger partial charge on any atom is 0.335 e. The quantitative estimate of drug-likeness (QED) is 0.857. The van der Waals surface area contributed by atoms with Gasteiger partial charge in [-0.2, -0.15) is 0 Å². The lowest BCUT2D eigenvalue weighted by Gasteiger charge is -2.06. The predicted octanol–water partition coefficient (Wildman–Crippen LogP) is 1.21. The number of amides is 1. The zero-order valence-corrected chi connectivity index (χ0v) is 10.7. The van der Waals surface area contributed by atoms with E-state index in [1.807, 2.05) is 0 Å². The summed E-state index contributed by atoms with van der Waals surface area (Å²) in [6.45, 7) is 0.362. The summed E-state index contributed by atoms with van der Waals surface area (Å²) in [7, 11) is 0. The molecule has 7 heteroatoms. The van der Waals surface area contributed by atoms with Crippen molar-refractivity contribution in [2.75, 3.05) is 6.54 Å². The Bertz CT molecular complexity index is 584. The predicted molar refractivity (Wildman–Crippen MR) is 69.3 cm³/mol. The van der Waals surface area contributed by atoms with Crippen molar-refractivity contribution in [3.63, 3.8) is 0 Å². The third-order valence-electron chi connectivity index (χ3n) is 2.51. The SMILES string of the molecule is O=C(NCCc1ccccc1C(=O)O)c1cnns1. The molecule has 0 saturated carbocycles. The fourth-order valence-electron chi connectivity index (χ4n) is 1.61. The fourth-order valence-corrected chi connectivity index (χ4v) is 2.04. The summed E-state index contributed by atoms with van der Waals surface area (Å²) in [5, 5.41) is 15.3. The lowest BCUT2D eigenvalue weighted by molar-refractivity contribution is 0.0695. The molecule has 0 aliphatic carbocycles. The van der Waals surface area contributed by atoms with E-state index < -0.39 is 5.97 Å². The van der Waals surface area contributed by atoms with Gasteiger partial charge in [0.25, 0.3) is 5.91 Å². The van der Waals surface area contributed by atoms with Crippen molar-refractivity contribution >= 4 is 23.4 Å². The van der Waals surface area contributed by atoms with Gasteiger partial charge in [0.2, 0.25) is 0 Å². The zero-order valence-electron chi connectivity index (χ0n) is 9.87. The molecule has 0 fully saturated rings. The van der Waals surface area contributed by atoms with Crippen molar-refractivity contribution in [2.24, 2.45) is 0 Å². The molecule has 0 aliphatic rings. The maximum absolute atomic E-state index is 11.6. The number of benzene rings is 1. The molecule has 6 nitrogen and oxygen atoms in total. The number of carbonyl (C=O) groups is 2. The Morgan fingerprint density at radius 1 is 1.32 bits per heavy atom. The van der Waals surface area contributed by atoms with Crippen molar-refractivity contribution < 1.29 is 14.7 Å². The van der Waals surface area contributed by atoms with Crippen molar-refractivity contribution in [1.82, 2.24) is 14.9 Å². The molecule has 1 amide bonds. The van der Waals surface area contributed by atoms with Crippen LogP contribution in [0.4, 0.5) is 0 Å². The van der Waals surface area contributed by atoms with Crippen LogP contribution in [-0.4, -0.2) is 33.1 Å². The van der Waals surface area contributed by atoms with Crippen molar-refractivity contribution in [2.45, 2.75) is 6.42 Å². The maximum atomic E-state index is 11.6. The van der Waals surface area contributed by atoms with E-state index in [2.05, 4.69) is 14.9 Å². The molecule has 19 heavy (non-hydrogen) atoms. The molecule has 0 atom stereocenters. The van der Waals surface area contributed by atoms with Gasteiger partial charge < -0.3 is 10.4 Å². The minimum absolute atomic E-state index is 0.247. The Morgan fingerprint density at radius 2 is 2.11 bits per heavy atom.